The number of nitrogens with zero attached hydrogens (tertiary/aromatic N) is 4. The van der Waals surface area contributed by atoms with Gasteiger partial charge in [-0.1, -0.05) is 13.3 Å². The van der Waals surface area contributed by atoms with E-state index in [-0.39, 0.29) is 12.0 Å². The maximum Gasteiger partial charge on any atom is 0.323 e. The summed E-state index contributed by atoms with van der Waals surface area (Å²) in [5.41, 5.74) is 5.71. The predicted molar refractivity (Wildman–Crippen MR) is 81.7 cm³/mol. The Labute approximate surface area is 125 Å². The number of nitrogens with two attached hydrogens (primary N) is 1. The molecule has 0 aliphatic carbocycles. The summed E-state index contributed by atoms with van der Waals surface area (Å²) in [4.78, 5) is 12.6. The summed E-state index contributed by atoms with van der Waals surface area (Å²) in [6.07, 6.45) is 4.45. The first-order valence-electron chi connectivity index (χ1n) is 7.54. The number of piperidine rings is 1. The second kappa shape index (κ2) is 7.37. The molecule has 0 aromatic carbocycles. The van der Waals surface area contributed by atoms with Crippen molar-refractivity contribution in [3.63, 3.8) is 0 Å². The molecule has 2 unspecified atom stereocenters. The van der Waals surface area contributed by atoms with Crippen LogP contribution in [0.15, 0.2) is 0 Å². The third-order valence-corrected chi connectivity index (χ3v) is 3.60. The van der Waals surface area contributed by atoms with Crippen LogP contribution in [0, 0.1) is 0 Å². The molecule has 118 valence electrons. The van der Waals surface area contributed by atoms with E-state index in [1.807, 2.05) is 6.92 Å². The molecule has 2 rings (SSSR count). The van der Waals surface area contributed by atoms with Gasteiger partial charge in [0.05, 0.1) is 6.61 Å². The summed E-state index contributed by atoms with van der Waals surface area (Å²) in [5, 5.41) is 2.18. The van der Waals surface area contributed by atoms with E-state index in [0.29, 0.717) is 24.6 Å². The van der Waals surface area contributed by atoms with Crippen molar-refractivity contribution >= 4 is 11.9 Å². The van der Waals surface area contributed by atoms with Gasteiger partial charge in [-0.05, 0) is 33.1 Å². The minimum atomic E-state index is 0.277. The number of rotatable bonds is 6. The summed E-state index contributed by atoms with van der Waals surface area (Å²) in [6.45, 7) is 6.98. The molecule has 21 heavy (non-hydrogen) atoms. The van der Waals surface area contributed by atoms with Crippen molar-refractivity contribution < 1.29 is 4.74 Å². The fourth-order valence-electron chi connectivity index (χ4n) is 2.49. The second-order valence-corrected chi connectivity index (χ2v) is 5.41. The summed E-state index contributed by atoms with van der Waals surface area (Å²) in [5.74, 6) is 6.14. The van der Waals surface area contributed by atoms with Crippen molar-refractivity contribution in [3.8, 4) is 6.01 Å². The van der Waals surface area contributed by atoms with E-state index in [4.69, 9.17) is 10.6 Å². The zero-order valence-corrected chi connectivity index (χ0v) is 13.0. The molecular weight excluding hydrogens is 270 g/mol. The van der Waals surface area contributed by atoms with Gasteiger partial charge in [0.25, 0.3) is 0 Å². The fraction of sp³-hybridized carbons (Fsp3) is 0.769. The van der Waals surface area contributed by atoms with Crippen LogP contribution in [0.1, 0.15) is 46.5 Å². The molecule has 0 amide bonds. The van der Waals surface area contributed by atoms with Gasteiger partial charge in [0.1, 0.15) is 0 Å². The molecule has 2 heterocycles. The molecule has 1 aliphatic rings. The Morgan fingerprint density at radius 1 is 1.19 bits per heavy atom. The molecule has 1 aliphatic heterocycles. The maximum absolute atomic E-state index is 5.46. The predicted octanol–water partition coefficient (Wildman–Crippen LogP) is 1.54. The molecule has 1 saturated heterocycles. The van der Waals surface area contributed by atoms with Crippen molar-refractivity contribution in [3.05, 3.63) is 0 Å². The lowest BCUT2D eigenvalue weighted by Gasteiger charge is -2.38. The third kappa shape index (κ3) is 4.15. The first-order chi connectivity index (χ1) is 10.1. The van der Waals surface area contributed by atoms with Gasteiger partial charge in [0.15, 0.2) is 0 Å². The highest BCUT2D eigenvalue weighted by Gasteiger charge is 2.25. The van der Waals surface area contributed by atoms with Crippen molar-refractivity contribution in [1.82, 2.24) is 20.0 Å². The van der Waals surface area contributed by atoms with Crippen molar-refractivity contribution in [2.24, 2.45) is 5.84 Å². The Morgan fingerprint density at radius 2 is 1.86 bits per heavy atom. The van der Waals surface area contributed by atoms with Crippen molar-refractivity contribution in [2.75, 3.05) is 17.5 Å². The largest absolute Gasteiger partial charge is 0.463 e. The molecule has 1 fully saturated rings. The van der Waals surface area contributed by atoms with Crippen molar-refractivity contribution in [1.29, 1.82) is 0 Å². The summed E-state index contributed by atoms with van der Waals surface area (Å²) >= 11 is 0. The Balaban J connectivity index is 2.13. The van der Waals surface area contributed by atoms with Gasteiger partial charge in [0, 0.05) is 12.1 Å². The number of hydrogen-bond donors (Lipinski definition) is 3. The van der Waals surface area contributed by atoms with E-state index in [1.165, 1.54) is 6.42 Å². The van der Waals surface area contributed by atoms with E-state index in [9.17, 15) is 0 Å². The van der Waals surface area contributed by atoms with Gasteiger partial charge in [0.2, 0.25) is 11.9 Å². The van der Waals surface area contributed by atoms with E-state index in [1.54, 1.807) is 0 Å². The smallest absolute Gasteiger partial charge is 0.323 e. The molecule has 0 radical (unpaired) electrons. The maximum atomic E-state index is 5.46. The highest BCUT2D eigenvalue weighted by molar-refractivity contribution is 5.34. The molecule has 0 spiro atoms. The standard InChI is InChI=1S/C13H25N7O/c1-4-8-21-13-16-11(18-14)15-12(17-13)19-20-9(2)6-5-7-10(20)3/h9-10H,4-8,14H2,1-3H3,(H2,15,16,17,18,19). The van der Waals surface area contributed by atoms with Crippen LogP contribution in [0.3, 0.4) is 0 Å². The monoisotopic (exact) mass is 295 g/mol. The molecule has 4 N–H and O–H groups in total. The van der Waals surface area contributed by atoms with Crippen LogP contribution in [0.25, 0.3) is 0 Å². The van der Waals surface area contributed by atoms with Gasteiger partial charge in [-0.25, -0.2) is 10.9 Å². The SMILES string of the molecule is CCCOc1nc(NN)nc(NN2C(C)CCCC2C)n1. The quantitative estimate of drug-likeness (QED) is 0.536. The molecule has 2 atom stereocenters. The van der Waals surface area contributed by atoms with Crippen LogP contribution in [0.4, 0.5) is 11.9 Å². The molecule has 0 saturated carbocycles. The van der Waals surface area contributed by atoms with E-state index < -0.39 is 0 Å². The van der Waals surface area contributed by atoms with E-state index >= 15 is 0 Å². The van der Waals surface area contributed by atoms with Crippen LogP contribution in [-0.2, 0) is 0 Å². The highest BCUT2D eigenvalue weighted by Crippen LogP contribution is 2.23. The number of hydrazine groups is 2. The number of aromatic nitrogens is 3. The van der Waals surface area contributed by atoms with Gasteiger partial charge < -0.3 is 4.74 Å². The number of nitrogen functional groups attached to an aromatic ring is 1. The highest BCUT2D eigenvalue weighted by atomic mass is 16.5. The zero-order chi connectivity index (χ0) is 15.2. The third-order valence-electron chi connectivity index (χ3n) is 3.60. The zero-order valence-electron chi connectivity index (χ0n) is 13.0. The van der Waals surface area contributed by atoms with Crippen LogP contribution >= 0.6 is 0 Å². The molecule has 8 nitrogen and oxygen atoms in total. The van der Waals surface area contributed by atoms with Crippen molar-refractivity contribution in [2.45, 2.75) is 58.5 Å². The number of nitrogens with one attached hydrogen (secondary N) is 2. The lowest BCUT2D eigenvalue weighted by Crippen LogP contribution is -2.47. The first kappa shape index (κ1) is 15.7. The van der Waals surface area contributed by atoms with Crippen LogP contribution < -0.4 is 21.4 Å². The second-order valence-electron chi connectivity index (χ2n) is 5.41. The Bertz CT molecular complexity index is 446. The Hall–Kier alpha value is -1.67. The fourth-order valence-corrected chi connectivity index (χ4v) is 2.49. The average molecular weight is 295 g/mol. The minimum absolute atomic E-state index is 0.277. The van der Waals surface area contributed by atoms with E-state index in [2.05, 4.69) is 44.7 Å². The van der Waals surface area contributed by atoms with Crippen LogP contribution in [0.2, 0.25) is 0 Å². The Kier molecular flexibility index (Phi) is 5.51. The molecule has 1 aromatic heterocycles. The molecule has 1 aromatic rings. The van der Waals surface area contributed by atoms with Gasteiger partial charge >= 0.3 is 6.01 Å². The molecule has 0 bridgehead atoms. The summed E-state index contributed by atoms with van der Waals surface area (Å²) < 4.78 is 5.46. The summed E-state index contributed by atoms with van der Waals surface area (Å²) in [7, 11) is 0. The van der Waals surface area contributed by atoms with Gasteiger partial charge in [-0.3, -0.25) is 10.9 Å². The lowest BCUT2D eigenvalue weighted by atomic mass is 10.00. The average Bonchev–Trinajstić information content (AvgIpc) is 2.49. The Morgan fingerprint density at radius 3 is 2.48 bits per heavy atom. The lowest BCUT2D eigenvalue weighted by molar-refractivity contribution is 0.134. The first-order valence-corrected chi connectivity index (χ1v) is 7.54. The molecule has 8 heteroatoms. The number of ether oxygens (including phenoxy) is 1. The topological polar surface area (TPSA) is 101 Å². The van der Waals surface area contributed by atoms with Crippen LogP contribution in [-0.4, -0.2) is 38.7 Å². The molecular formula is C13H25N7O. The number of anilines is 2. The normalized spacial score (nSPS) is 22.9. The van der Waals surface area contributed by atoms with Gasteiger partial charge in [-0.15, -0.1) is 0 Å². The number of hydrogen-bond acceptors (Lipinski definition) is 8. The van der Waals surface area contributed by atoms with E-state index in [0.717, 1.165) is 19.3 Å². The minimum Gasteiger partial charge on any atom is -0.463 e. The van der Waals surface area contributed by atoms with Gasteiger partial charge in [-0.2, -0.15) is 15.0 Å². The van der Waals surface area contributed by atoms with Crippen LogP contribution in [0.5, 0.6) is 6.01 Å². The summed E-state index contributed by atoms with van der Waals surface area (Å²) in [6, 6.07) is 1.14.